The Hall–Kier alpha value is -0.950. The van der Waals surface area contributed by atoms with Crippen LogP contribution in [0.4, 0.5) is 5.69 Å². The molecule has 0 radical (unpaired) electrons. The summed E-state index contributed by atoms with van der Waals surface area (Å²) in [6.45, 7) is 5.44. The maximum Gasteiger partial charge on any atom is 0.238 e. The molecule has 1 aromatic carbocycles. The minimum Gasteiger partial charge on any atom is -0.355 e. The van der Waals surface area contributed by atoms with Crippen LogP contribution in [-0.4, -0.2) is 36.2 Å². The summed E-state index contributed by atoms with van der Waals surface area (Å²) in [4.78, 5) is 25.0. The Morgan fingerprint density at radius 1 is 1.48 bits per heavy atom. The molecule has 0 fully saturated rings. The van der Waals surface area contributed by atoms with Crippen LogP contribution in [0.3, 0.4) is 0 Å². The lowest BCUT2D eigenvalue weighted by Gasteiger charge is -2.24. The minimum atomic E-state index is -0.414. The van der Waals surface area contributed by atoms with Crippen LogP contribution in [0, 0.1) is 0 Å². The number of carbonyl (C=O) groups is 2. The zero-order valence-electron chi connectivity index (χ0n) is 13.0. The molecule has 1 heterocycles. The number of anilines is 1. The van der Waals surface area contributed by atoms with Gasteiger partial charge in [0.1, 0.15) is 0 Å². The van der Waals surface area contributed by atoms with Crippen molar-refractivity contribution in [1.82, 2.24) is 10.6 Å². The van der Waals surface area contributed by atoms with Crippen LogP contribution >= 0.6 is 35.8 Å². The molecule has 2 rings (SSSR count). The van der Waals surface area contributed by atoms with Gasteiger partial charge in [-0.25, -0.2) is 0 Å². The number of likely N-dealkylation sites (N-methyl/N-ethyl adjacent to an activating group) is 1. The van der Waals surface area contributed by atoms with Gasteiger partial charge in [0, 0.05) is 28.9 Å². The molecular formula is C15H21Cl2N3O2S. The predicted octanol–water partition coefficient (Wildman–Crippen LogP) is 2.68. The summed E-state index contributed by atoms with van der Waals surface area (Å²) in [6.07, 6.45) is 0.164. The van der Waals surface area contributed by atoms with Crippen LogP contribution in [-0.2, 0) is 9.59 Å². The number of nitrogens with one attached hydrogen (secondary N) is 3. The van der Waals surface area contributed by atoms with E-state index in [2.05, 4.69) is 16.0 Å². The smallest absolute Gasteiger partial charge is 0.238 e. The van der Waals surface area contributed by atoms with E-state index in [-0.39, 0.29) is 36.7 Å². The van der Waals surface area contributed by atoms with Crippen LogP contribution < -0.4 is 16.0 Å². The SMILES string of the molecule is CCN[C@H](C)CNC(=O)CC1Sc2ccc(Cl)cc2NC1=O.Cl. The highest BCUT2D eigenvalue weighted by Crippen LogP contribution is 2.38. The first-order valence-electron chi connectivity index (χ1n) is 7.26. The molecular weight excluding hydrogens is 357 g/mol. The average molecular weight is 378 g/mol. The molecule has 0 bridgehead atoms. The van der Waals surface area contributed by atoms with Crippen molar-refractivity contribution in [2.24, 2.45) is 0 Å². The van der Waals surface area contributed by atoms with E-state index in [1.165, 1.54) is 11.8 Å². The fourth-order valence-electron chi connectivity index (χ4n) is 2.19. The van der Waals surface area contributed by atoms with Gasteiger partial charge in [-0.1, -0.05) is 18.5 Å². The number of thioether (sulfide) groups is 1. The number of fused-ring (bicyclic) bond motifs is 1. The molecule has 23 heavy (non-hydrogen) atoms. The van der Waals surface area contributed by atoms with Crippen molar-refractivity contribution in [3.05, 3.63) is 23.2 Å². The van der Waals surface area contributed by atoms with Crippen molar-refractivity contribution in [3.8, 4) is 0 Å². The van der Waals surface area contributed by atoms with Crippen molar-refractivity contribution in [2.45, 2.75) is 36.5 Å². The standard InChI is InChI=1S/C15H20ClN3O2S.ClH/c1-3-17-9(2)8-18-14(20)7-13-15(21)19-11-6-10(16)4-5-12(11)22-13;/h4-6,9,13,17H,3,7-8H2,1-2H3,(H,18,20)(H,19,21);1H/t9-,13?;/m1./s1. The summed E-state index contributed by atoms with van der Waals surface area (Å²) >= 11 is 7.31. The normalized spacial score (nSPS) is 17.5. The van der Waals surface area contributed by atoms with Gasteiger partial charge in [-0.2, -0.15) is 0 Å². The largest absolute Gasteiger partial charge is 0.355 e. The highest BCUT2D eigenvalue weighted by molar-refractivity contribution is 8.01. The summed E-state index contributed by atoms with van der Waals surface area (Å²) in [6, 6.07) is 5.57. The average Bonchev–Trinajstić information content (AvgIpc) is 2.46. The molecule has 1 unspecified atom stereocenters. The Kier molecular flexibility index (Phi) is 8.19. The molecule has 0 spiro atoms. The lowest BCUT2D eigenvalue weighted by Crippen LogP contribution is -2.41. The van der Waals surface area contributed by atoms with Gasteiger partial charge in [0.15, 0.2) is 0 Å². The highest BCUT2D eigenvalue weighted by atomic mass is 35.5. The van der Waals surface area contributed by atoms with Gasteiger partial charge in [-0.3, -0.25) is 9.59 Å². The summed E-state index contributed by atoms with van der Waals surface area (Å²) < 4.78 is 0. The zero-order valence-corrected chi connectivity index (χ0v) is 15.4. The van der Waals surface area contributed by atoms with Crippen LogP contribution in [0.2, 0.25) is 5.02 Å². The van der Waals surface area contributed by atoms with Gasteiger partial charge >= 0.3 is 0 Å². The third kappa shape index (κ3) is 5.88. The van der Waals surface area contributed by atoms with E-state index in [1.54, 1.807) is 12.1 Å². The van der Waals surface area contributed by atoms with E-state index in [0.29, 0.717) is 17.3 Å². The molecule has 3 N–H and O–H groups in total. The van der Waals surface area contributed by atoms with Gasteiger partial charge in [-0.15, -0.1) is 24.2 Å². The molecule has 0 saturated carbocycles. The lowest BCUT2D eigenvalue weighted by atomic mass is 10.2. The Bertz CT molecular complexity index is 572. The van der Waals surface area contributed by atoms with Crippen molar-refractivity contribution in [3.63, 3.8) is 0 Å². The monoisotopic (exact) mass is 377 g/mol. The van der Waals surface area contributed by atoms with Gasteiger partial charge in [0.25, 0.3) is 0 Å². The number of benzene rings is 1. The lowest BCUT2D eigenvalue weighted by molar-refractivity contribution is -0.124. The third-order valence-corrected chi connectivity index (χ3v) is 4.80. The second-order valence-electron chi connectivity index (χ2n) is 5.20. The van der Waals surface area contributed by atoms with E-state index in [4.69, 9.17) is 11.6 Å². The Morgan fingerprint density at radius 3 is 2.91 bits per heavy atom. The molecule has 0 saturated heterocycles. The number of halogens is 2. The number of amides is 2. The molecule has 128 valence electrons. The quantitative estimate of drug-likeness (QED) is 0.712. The minimum absolute atomic E-state index is 0. The van der Waals surface area contributed by atoms with Crippen LogP contribution in [0.1, 0.15) is 20.3 Å². The number of rotatable bonds is 6. The number of hydrogen-bond donors (Lipinski definition) is 3. The number of hydrogen-bond acceptors (Lipinski definition) is 4. The van der Waals surface area contributed by atoms with Crippen molar-refractivity contribution in [2.75, 3.05) is 18.4 Å². The summed E-state index contributed by atoms with van der Waals surface area (Å²) in [7, 11) is 0. The van der Waals surface area contributed by atoms with Crippen molar-refractivity contribution >= 4 is 53.3 Å². The molecule has 5 nitrogen and oxygen atoms in total. The molecule has 1 aromatic rings. The Labute approximate surface area is 151 Å². The second-order valence-corrected chi connectivity index (χ2v) is 6.88. The first-order chi connectivity index (χ1) is 10.5. The maximum atomic E-state index is 12.1. The number of carbonyl (C=O) groups excluding carboxylic acids is 2. The van der Waals surface area contributed by atoms with E-state index in [1.807, 2.05) is 19.9 Å². The van der Waals surface area contributed by atoms with Crippen molar-refractivity contribution in [1.29, 1.82) is 0 Å². The molecule has 0 aromatic heterocycles. The van der Waals surface area contributed by atoms with Crippen LogP contribution in [0.25, 0.3) is 0 Å². The first kappa shape index (κ1) is 20.1. The van der Waals surface area contributed by atoms with Crippen LogP contribution in [0.15, 0.2) is 23.1 Å². The highest BCUT2D eigenvalue weighted by Gasteiger charge is 2.29. The van der Waals surface area contributed by atoms with E-state index < -0.39 is 5.25 Å². The fourth-order valence-corrected chi connectivity index (χ4v) is 3.45. The van der Waals surface area contributed by atoms with Crippen LogP contribution in [0.5, 0.6) is 0 Å². The van der Waals surface area contributed by atoms with Gasteiger partial charge < -0.3 is 16.0 Å². The topological polar surface area (TPSA) is 70.2 Å². The van der Waals surface area contributed by atoms with E-state index in [0.717, 1.165) is 11.4 Å². The summed E-state index contributed by atoms with van der Waals surface area (Å²) in [5, 5.41) is 9.04. The third-order valence-electron chi connectivity index (χ3n) is 3.29. The summed E-state index contributed by atoms with van der Waals surface area (Å²) in [5.41, 5.74) is 0.708. The van der Waals surface area contributed by atoms with E-state index in [9.17, 15) is 9.59 Å². The molecule has 0 aliphatic carbocycles. The molecule has 2 amide bonds. The molecule has 8 heteroatoms. The van der Waals surface area contributed by atoms with E-state index >= 15 is 0 Å². The van der Waals surface area contributed by atoms with Gasteiger partial charge in [0.05, 0.1) is 10.9 Å². The molecule has 1 aliphatic rings. The Balaban J connectivity index is 0.00000264. The van der Waals surface area contributed by atoms with Crippen molar-refractivity contribution < 1.29 is 9.59 Å². The zero-order chi connectivity index (χ0) is 16.1. The predicted molar refractivity (Wildman–Crippen MR) is 97.7 cm³/mol. The maximum absolute atomic E-state index is 12.1. The Morgan fingerprint density at radius 2 is 2.22 bits per heavy atom. The first-order valence-corrected chi connectivity index (χ1v) is 8.52. The fraction of sp³-hybridized carbons (Fsp3) is 0.467. The summed E-state index contributed by atoms with van der Waals surface area (Å²) in [5.74, 6) is -0.274. The van der Waals surface area contributed by atoms with Gasteiger partial charge in [-0.05, 0) is 31.7 Å². The van der Waals surface area contributed by atoms with Gasteiger partial charge in [0.2, 0.25) is 11.8 Å². The molecule has 1 aliphatic heterocycles. The molecule has 2 atom stereocenters. The second kappa shape index (κ2) is 9.37.